The van der Waals surface area contributed by atoms with Crippen LogP contribution in [0.15, 0.2) is 67.2 Å². The van der Waals surface area contributed by atoms with Gasteiger partial charge in [0.1, 0.15) is 11.6 Å². The zero-order valence-electron chi connectivity index (χ0n) is 25.5. The number of hydrogen-bond acceptors (Lipinski definition) is 2. The molecule has 5 rings (SSSR count). The Kier molecular flexibility index (Phi) is 10.7. The number of nitrogens with one attached hydrogen (secondary N) is 1. The van der Waals surface area contributed by atoms with Crippen LogP contribution in [0.25, 0.3) is 16.8 Å². The molecule has 1 atom stereocenters. The number of hydrogen-bond donors (Lipinski definition) is 1. The molecule has 3 aromatic carbocycles. The van der Waals surface area contributed by atoms with Crippen LogP contribution < -0.4 is 5.32 Å². The van der Waals surface area contributed by atoms with Crippen LogP contribution in [0.5, 0.6) is 0 Å². The van der Waals surface area contributed by atoms with Crippen molar-refractivity contribution < 1.29 is 22.0 Å². The average Bonchev–Trinajstić information content (AvgIpc) is 3.43. The van der Waals surface area contributed by atoms with E-state index in [-0.39, 0.29) is 6.54 Å². The molecule has 2 nitrogen and oxygen atoms in total. The summed E-state index contributed by atoms with van der Waals surface area (Å²) in [4.78, 5) is 2.48. The van der Waals surface area contributed by atoms with Gasteiger partial charge in [0, 0.05) is 35.8 Å². The third kappa shape index (κ3) is 7.31. The first-order valence-electron chi connectivity index (χ1n) is 15.5. The zero-order chi connectivity index (χ0) is 31.2. The number of unbranched alkanes of at least 4 members (excludes halogenated alkanes) is 2. The van der Waals surface area contributed by atoms with Gasteiger partial charge in [-0.1, -0.05) is 89.4 Å². The summed E-state index contributed by atoms with van der Waals surface area (Å²) in [6.45, 7) is 10.7. The fourth-order valence-electron chi connectivity index (χ4n) is 6.72. The van der Waals surface area contributed by atoms with Crippen LogP contribution >= 0.6 is 0 Å². The van der Waals surface area contributed by atoms with Crippen molar-refractivity contribution in [3.05, 3.63) is 101 Å². The third-order valence-corrected chi connectivity index (χ3v) is 8.79. The molecule has 3 aromatic rings. The highest BCUT2D eigenvalue weighted by atomic mass is 19.4. The quantitative estimate of drug-likeness (QED) is 0.175. The Morgan fingerprint density at radius 1 is 0.860 bits per heavy atom. The van der Waals surface area contributed by atoms with Crippen LogP contribution in [0.1, 0.15) is 88.0 Å². The van der Waals surface area contributed by atoms with Crippen LogP contribution in [0.4, 0.5) is 22.0 Å². The van der Waals surface area contributed by atoms with Crippen molar-refractivity contribution in [3.8, 4) is 11.1 Å². The van der Waals surface area contributed by atoms with Crippen LogP contribution in [0, 0.1) is 11.6 Å². The lowest BCUT2D eigenvalue weighted by atomic mass is 9.74. The maximum Gasteiger partial charge on any atom is 0.401 e. The minimum atomic E-state index is -4.35. The SMILES string of the molecule is C=C1c2ccccc2CN1C(CC)CCC.CCCCCC1(CNCC(F)(F)F)c2cc(F)ccc2-c2ccc(F)cc21. The molecule has 0 saturated carbocycles. The van der Waals surface area contributed by atoms with E-state index in [0.29, 0.717) is 23.6 Å². The zero-order valence-corrected chi connectivity index (χ0v) is 25.5. The van der Waals surface area contributed by atoms with Crippen molar-refractivity contribution in [2.24, 2.45) is 0 Å². The van der Waals surface area contributed by atoms with Crippen molar-refractivity contribution in [1.29, 1.82) is 0 Å². The van der Waals surface area contributed by atoms with Gasteiger partial charge in [-0.05, 0) is 71.3 Å². The van der Waals surface area contributed by atoms with Gasteiger partial charge in [0.2, 0.25) is 0 Å². The fourth-order valence-corrected chi connectivity index (χ4v) is 6.72. The van der Waals surface area contributed by atoms with Gasteiger partial charge in [-0.3, -0.25) is 0 Å². The molecule has 0 saturated heterocycles. The maximum absolute atomic E-state index is 14.0. The van der Waals surface area contributed by atoms with Crippen molar-refractivity contribution in [3.63, 3.8) is 0 Å². The predicted molar refractivity (Wildman–Crippen MR) is 166 cm³/mol. The van der Waals surface area contributed by atoms with Gasteiger partial charge in [-0.15, -0.1) is 0 Å². The smallest absolute Gasteiger partial charge is 0.364 e. The van der Waals surface area contributed by atoms with Gasteiger partial charge in [0.25, 0.3) is 0 Å². The highest BCUT2D eigenvalue weighted by molar-refractivity contribution is 5.81. The molecule has 0 fully saturated rings. The van der Waals surface area contributed by atoms with Crippen LogP contribution in [-0.2, 0) is 12.0 Å². The monoisotopic (exact) mass is 598 g/mol. The van der Waals surface area contributed by atoms with E-state index in [0.717, 1.165) is 36.9 Å². The summed E-state index contributed by atoms with van der Waals surface area (Å²) in [5.41, 5.74) is 5.90. The van der Waals surface area contributed by atoms with Gasteiger partial charge < -0.3 is 10.2 Å². The Balaban J connectivity index is 0.000000225. The number of benzene rings is 3. The number of alkyl halides is 3. The maximum atomic E-state index is 14.0. The molecule has 1 aliphatic carbocycles. The van der Waals surface area contributed by atoms with Crippen molar-refractivity contribution in [2.75, 3.05) is 13.1 Å². The van der Waals surface area contributed by atoms with E-state index in [1.807, 2.05) is 6.92 Å². The van der Waals surface area contributed by atoms with Crippen molar-refractivity contribution >= 4 is 5.70 Å². The molecule has 0 spiro atoms. The van der Waals surface area contributed by atoms with Gasteiger partial charge >= 0.3 is 6.18 Å². The fraction of sp³-hybridized carbons (Fsp3) is 0.444. The van der Waals surface area contributed by atoms with E-state index in [1.54, 1.807) is 12.1 Å². The Morgan fingerprint density at radius 3 is 2.02 bits per heavy atom. The summed E-state index contributed by atoms with van der Waals surface area (Å²) in [7, 11) is 0. The predicted octanol–water partition coefficient (Wildman–Crippen LogP) is 10.0. The lowest BCUT2D eigenvalue weighted by molar-refractivity contribution is -0.125. The van der Waals surface area contributed by atoms with Crippen LogP contribution in [0.2, 0.25) is 0 Å². The first-order valence-corrected chi connectivity index (χ1v) is 15.5. The van der Waals surface area contributed by atoms with Crippen LogP contribution in [0.3, 0.4) is 0 Å². The second-order valence-corrected chi connectivity index (χ2v) is 11.7. The topological polar surface area (TPSA) is 15.3 Å². The largest absolute Gasteiger partial charge is 0.401 e. The molecule has 43 heavy (non-hydrogen) atoms. The summed E-state index contributed by atoms with van der Waals surface area (Å²) in [6.07, 6.45) is 2.50. The Morgan fingerprint density at radius 2 is 1.49 bits per heavy atom. The Labute approximate surface area is 253 Å². The number of fused-ring (bicyclic) bond motifs is 4. The molecule has 1 N–H and O–H groups in total. The van der Waals surface area contributed by atoms with E-state index in [9.17, 15) is 22.0 Å². The van der Waals surface area contributed by atoms with E-state index in [2.05, 4.69) is 54.9 Å². The Bertz CT molecular complexity index is 1350. The van der Waals surface area contributed by atoms with E-state index in [1.165, 1.54) is 60.4 Å². The Hall–Kier alpha value is -3.19. The summed E-state index contributed by atoms with van der Waals surface area (Å²) in [6, 6.07) is 18.0. The lowest BCUT2D eigenvalue weighted by Gasteiger charge is -2.33. The first-order chi connectivity index (χ1) is 20.5. The molecule has 1 unspecified atom stereocenters. The number of rotatable bonds is 11. The normalized spacial score (nSPS) is 15.4. The van der Waals surface area contributed by atoms with Gasteiger partial charge in [0.15, 0.2) is 0 Å². The van der Waals surface area contributed by atoms with E-state index < -0.39 is 29.8 Å². The highest BCUT2D eigenvalue weighted by Crippen LogP contribution is 2.51. The first kappa shape index (κ1) is 32.7. The number of halogens is 5. The summed E-state index contributed by atoms with van der Waals surface area (Å²) in [5.74, 6) is -0.893. The van der Waals surface area contributed by atoms with E-state index in [4.69, 9.17) is 0 Å². The molecule has 7 heteroatoms. The molecule has 2 aliphatic rings. The molecule has 0 aromatic heterocycles. The molecular weight excluding hydrogens is 555 g/mol. The third-order valence-electron chi connectivity index (χ3n) is 8.79. The minimum absolute atomic E-state index is 0.0247. The lowest BCUT2D eigenvalue weighted by Crippen LogP contribution is -2.41. The highest BCUT2D eigenvalue weighted by Gasteiger charge is 2.43. The minimum Gasteiger partial charge on any atom is -0.364 e. The molecule has 232 valence electrons. The van der Waals surface area contributed by atoms with Crippen molar-refractivity contribution in [1.82, 2.24) is 10.2 Å². The van der Waals surface area contributed by atoms with Crippen molar-refractivity contribution in [2.45, 2.75) is 89.9 Å². The molecular formula is C36H43F5N2. The number of nitrogens with zero attached hydrogens (tertiary/aromatic N) is 1. The second-order valence-electron chi connectivity index (χ2n) is 11.7. The average molecular weight is 599 g/mol. The van der Waals surface area contributed by atoms with E-state index >= 15 is 0 Å². The van der Waals surface area contributed by atoms with Gasteiger partial charge in [-0.2, -0.15) is 13.2 Å². The van der Waals surface area contributed by atoms with Gasteiger partial charge in [0.05, 0.1) is 6.54 Å². The van der Waals surface area contributed by atoms with Crippen LogP contribution in [-0.4, -0.2) is 30.2 Å². The summed E-state index contributed by atoms with van der Waals surface area (Å²) >= 11 is 0. The second kappa shape index (κ2) is 14.1. The van der Waals surface area contributed by atoms with Gasteiger partial charge in [-0.25, -0.2) is 8.78 Å². The molecule has 1 aliphatic heterocycles. The molecule has 0 radical (unpaired) electrons. The summed E-state index contributed by atoms with van der Waals surface area (Å²) < 4.78 is 66.2. The molecule has 0 bridgehead atoms. The molecule has 1 heterocycles. The molecule has 0 amide bonds. The summed E-state index contributed by atoms with van der Waals surface area (Å²) in [5, 5.41) is 2.49. The standard InChI is InChI=1S/C21H22F5N.C15H21N/c1-2-3-4-9-20(12-27-13-21(24,25)26)18-10-14(22)5-7-16(18)17-8-6-15(23)11-19(17)20;1-4-8-14(5-2)16-11-13-9-6-7-10-15(13)12(16)3/h5-8,10-11,27H,2-4,9,12-13H2,1H3;6-7,9-10,14H,3-5,8,11H2,1-2H3.